The molecule has 0 aromatic carbocycles. The van der Waals surface area contributed by atoms with Crippen molar-refractivity contribution in [3.63, 3.8) is 0 Å². The average Bonchev–Trinajstić information content (AvgIpc) is 1.92. The van der Waals surface area contributed by atoms with E-state index in [0.29, 0.717) is 5.82 Å². The number of hydrogen-bond donors (Lipinski definition) is 1. The van der Waals surface area contributed by atoms with Gasteiger partial charge in [-0.15, -0.1) is 0 Å². The molecule has 5 heteroatoms. The molecule has 0 amide bonds. The van der Waals surface area contributed by atoms with Crippen LogP contribution in [0.4, 0.5) is 5.82 Å². The number of aromatic nitrogens is 2. The Hall–Kier alpha value is -0.423. The van der Waals surface area contributed by atoms with Gasteiger partial charge in [0, 0.05) is 0 Å². The number of nitrogen functional groups attached to an aromatic ring is 1. The van der Waals surface area contributed by atoms with E-state index in [0.717, 1.165) is 9.92 Å². The molecule has 66 valence electrons. The lowest BCUT2D eigenvalue weighted by Crippen LogP contribution is -2.42. The fourth-order valence-corrected chi connectivity index (χ4v) is 2.66. The minimum Gasteiger partial charge on any atom is -0.383 e. The maximum absolute atomic E-state index is 5.72. The molecule has 0 bridgehead atoms. The molecule has 0 spiro atoms. The summed E-state index contributed by atoms with van der Waals surface area (Å²) in [6, 6.07) is 0. The molecule has 0 fully saturated rings. The van der Waals surface area contributed by atoms with Crippen molar-refractivity contribution < 1.29 is 0 Å². The van der Waals surface area contributed by atoms with Crippen LogP contribution in [0, 0.1) is 0 Å². The molecule has 0 unspecified atom stereocenters. The zero-order valence-corrected chi connectivity index (χ0v) is 10.0. The lowest BCUT2D eigenvalue weighted by Gasteiger charge is -2.16. The first kappa shape index (κ1) is 9.66. The van der Waals surface area contributed by atoms with E-state index in [-0.39, 0.29) is 0 Å². The van der Waals surface area contributed by atoms with Crippen molar-refractivity contribution in [3.8, 4) is 0 Å². The van der Waals surface area contributed by atoms with Gasteiger partial charge >= 0.3 is 0 Å². The Kier molecular flexibility index (Phi) is 2.53. The Labute approximate surface area is 81.6 Å². The van der Waals surface area contributed by atoms with Gasteiger partial charge in [0.25, 0.3) is 0 Å². The third-order valence-corrected chi connectivity index (χ3v) is 3.65. The SMILES string of the molecule is C[Si](C)(C)c1nc(Br)cnc1N. The molecule has 0 aliphatic heterocycles. The van der Waals surface area contributed by atoms with E-state index >= 15 is 0 Å². The summed E-state index contributed by atoms with van der Waals surface area (Å²) in [4.78, 5) is 8.38. The largest absolute Gasteiger partial charge is 0.383 e. The fourth-order valence-electron chi connectivity index (χ4n) is 0.929. The first-order valence-electron chi connectivity index (χ1n) is 3.70. The van der Waals surface area contributed by atoms with E-state index in [1.165, 1.54) is 0 Å². The first-order valence-corrected chi connectivity index (χ1v) is 7.99. The van der Waals surface area contributed by atoms with E-state index in [4.69, 9.17) is 5.73 Å². The van der Waals surface area contributed by atoms with Crippen molar-refractivity contribution >= 4 is 35.1 Å². The quantitative estimate of drug-likeness (QED) is 0.761. The maximum Gasteiger partial charge on any atom is 0.140 e. The molecule has 0 aliphatic rings. The van der Waals surface area contributed by atoms with Crippen molar-refractivity contribution in [3.05, 3.63) is 10.8 Å². The molecule has 1 rings (SSSR count). The maximum atomic E-state index is 5.72. The van der Waals surface area contributed by atoms with Crippen LogP contribution in [0.15, 0.2) is 10.8 Å². The van der Waals surface area contributed by atoms with Gasteiger partial charge in [-0.25, -0.2) is 9.97 Å². The second kappa shape index (κ2) is 3.14. The monoisotopic (exact) mass is 245 g/mol. The molecule has 2 N–H and O–H groups in total. The van der Waals surface area contributed by atoms with Crippen LogP contribution in [0.5, 0.6) is 0 Å². The van der Waals surface area contributed by atoms with Crippen LogP contribution in [-0.4, -0.2) is 18.0 Å². The number of anilines is 1. The van der Waals surface area contributed by atoms with E-state index in [2.05, 4.69) is 45.5 Å². The molecular weight excluding hydrogens is 234 g/mol. The lowest BCUT2D eigenvalue weighted by molar-refractivity contribution is 1.20. The lowest BCUT2D eigenvalue weighted by atomic mass is 10.7. The molecule has 0 atom stereocenters. The predicted molar refractivity (Wildman–Crippen MR) is 57.1 cm³/mol. The molecule has 12 heavy (non-hydrogen) atoms. The van der Waals surface area contributed by atoms with Crippen molar-refractivity contribution in [1.82, 2.24) is 9.97 Å². The molecule has 0 aliphatic carbocycles. The molecule has 0 radical (unpaired) electrons. The van der Waals surface area contributed by atoms with E-state index in [1.54, 1.807) is 6.20 Å². The smallest absolute Gasteiger partial charge is 0.140 e. The summed E-state index contributed by atoms with van der Waals surface area (Å²) < 4.78 is 0.758. The van der Waals surface area contributed by atoms with Crippen LogP contribution in [0.25, 0.3) is 0 Å². The molecule has 1 aromatic heterocycles. The number of rotatable bonds is 1. The van der Waals surface area contributed by atoms with Gasteiger partial charge in [0.1, 0.15) is 18.5 Å². The van der Waals surface area contributed by atoms with E-state index in [1.807, 2.05) is 0 Å². The normalized spacial score (nSPS) is 11.7. The number of halogens is 1. The highest BCUT2D eigenvalue weighted by Gasteiger charge is 2.22. The Morgan fingerprint density at radius 1 is 1.42 bits per heavy atom. The topological polar surface area (TPSA) is 51.8 Å². The zero-order valence-electron chi connectivity index (χ0n) is 7.43. The van der Waals surface area contributed by atoms with Gasteiger partial charge in [-0.3, -0.25) is 0 Å². The second-order valence-electron chi connectivity index (χ2n) is 3.68. The Bertz CT molecular complexity index is 295. The third kappa shape index (κ3) is 2.04. The number of nitrogens with two attached hydrogens (primary N) is 1. The predicted octanol–water partition coefficient (Wildman–Crippen LogP) is 1.37. The van der Waals surface area contributed by atoms with Crippen molar-refractivity contribution in [2.75, 3.05) is 5.73 Å². The fraction of sp³-hybridized carbons (Fsp3) is 0.429. The van der Waals surface area contributed by atoms with Crippen LogP contribution < -0.4 is 11.1 Å². The Morgan fingerprint density at radius 2 is 2.00 bits per heavy atom. The van der Waals surface area contributed by atoms with Gasteiger partial charge in [-0.2, -0.15) is 0 Å². The highest BCUT2D eigenvalue weighted by atomic mass is 79.9. The number of nitrogens with zero attached hydrogens (tertiary/aromatic N) is 2. The Morgan fingerprint density at radius 3 is 2.42 bits per heavy atom. The highest BCUT2D eigenvalue weighted by molar-refractivity contribution is 9.10. The minimum atomic E-state index is -1.44. The van der Waals surface area contributed by atoms with Crippen molar-refractivity contribution in [1.29, 1.82) is 0 Å². The van der Waals surface area contributed by atoms with Gasteiger partial charge in [0.15, 0.2) is 0 Å². The summed E-state index contributed by atoms with van der Waals surface area (Å²) in [6.07, 6.45) is 1.62. The van der Waals surface area contributed by atoms with E-state index < -0.39 is 8.07 Å². The average molecular weight is 246 g/mol. The minimum absolute atomic E-state index is 0.567. The molecular formula is C7H12BrN3Si. The summed E-state index contributed by atoms with van der Waals surface area (Å²) in [5.74, 6) is 0.567. The summed E-state index contributed by atoms with van der Waals surface area (Å²) in [6.45, 7) is 6.58. The van der Waals surface area contributed by atoms with Gasteiger partial charge in [0.2, 0.25) is 0 Å². The molecule has 0 saturated carbocycles. The summed E-state index contributed by atoms with van der Waals surface area (Å²) in [5.41, 5.74) is 5.72. The summed E-state index contributed by atoms with van der Waals surface area (Å²) >= 11 is 3.28. The Balaban J connectivity index is 3.23. The van der Waals surface area contributed by atoms with Crippen LogP contribution >= 0.6 is 15.9 Å². The van der Waals surface area contributed by atoms with Crippen LogP contribution in [-0.2, 0) is 0 Å². The summed E-state index contributed by atoms with van der Waals surface area (Å²) in [5, 5.41) is 0.969. The standard InChI is InChI=1S/C7H12BrN3Si/c1-12(2,3)7-6(9)10-4-5(8)11-7/h4H,1-3H3,(H2,9,10). The number of hydrogen-bond acceptors (Lipinski definition) is 3. The van der Waals surface area contributed by atoms with Gasteiger partial charge < -0.3 is 5.73 Å². The van der Waals surface area contributed by atoms with Crippen LogP contribution in [0.1, 0.15) is 0 Å². The van der Waals surface area contributed by atoms with Gasteiger partial charge in [0.05, 0.1) is 11.5 Å². The van der Waals surface area contributed by atoms with Crippen LogP contribution in [0.2, 0.25) is 19.6 Å². The first-order chi connectivity index (χ1) is 5.41. The third-order valence-electron chi connectivity index (χ3n) is 1.48. The molecule has 3 nitrogen and oxygen atoms in total. The van der Waals surface area contributed by atoms with Gasteiger partial charge in [-0.05, 0) is 15.9 Å². The molecule has 1 heterocycles. The molecule has 0 saturated heterocycles. The zero-order chi connectivity index (χ0) is 9.35. The highest BCUT2D eigenvalue weighted by Crippen LogP contribution is 2.08. The van der Waals surface area contributed by atoms with Crippen molar-refractivity contribution in [2.45, 2.75) is 19.6 Å². The van der Waals surface area contributed by atoms with Crippen molar-refractivity contribution in [2.24, 2.45) is 0 Å². The van der Waals surface area contributed by atoms with Crippen LogP contribution in [0.3, 0.4) is 0 Å². The van der Waals surface area contributed by atoms with Gasteiger partial charge in [-0.1, -0.05) is 19.6 Å². The second-order valence-corrected chi connectivity index (χ2v) is 9.46. The summed E-state index contributed by atoms with van der Waals surface area (Å²) in [7, 11) is -1.44. The molecule has 1 aromatic rings. The van der Waals surface area contributed by atoms with E-state index in [9.17, 15) is 0 Å².